The third kappa shape index (κ3) is 66.5. The number of phosphoric acid groups is 1. The molecule has 0 aromatic heterocycles. The van der Waals surface area contributed by atoms with E-state index in [1.165, 1.54) is 199 Å². The summed E-state index contributed by atoms with van der Waals surface area (Å²) in [6, 6.07) is 0. The highest BCUT2D eigenvalue weighted by Crippen LogP contribution is 2.43. The molecule has 0 saturated heterocycles. The van der Waals surface area contributed by atoms with E-state index < -0.39 is 26.5 Å². The van der Waals surface area contributed by atoms with E-state index in [2.05, 4.69) is 86.8 Å². The summed E-state index contributed by atoms with van der Waals surface area (Å²) in [5, 5.41) is 0. The molecule has 0 spiro atoms. The molecular weight excluding hydrogens is 1030 g/mol. The number of phosphoric ester groups is 1. The summed E-state index contributed by atoms with van der Waals surface area (Å²) < 4.78 is 34.6. The van der Waals surface area contributed by atoms with Crippen molar-refractivity contribution in [2.24, 2.45) is 0 Å². The highest BCUT2D eigenvalue weighted by atomic mass is 31.2. The van der Waals surface area contributed by atoms with E-state index in [0.29, 0.717) is 17.4 Å². The van der Waals surface area contributed by atoms with Gasteiger partial charge in [0.05, 0.1) is 27.7 Å². The molecule has 0 amide bonds. The van der Waals surface area contributed by atoms with Gasteiger partial charge in [-0.1, -0.05) is 292 Å². The molecule has 0 aliphatic carbocycles. The summed E-state index contributed by atoms with van der Waals surface area (Å²) in [6.45, 7) is 4.32. The molecule has 0 aromatic carbocycles. The van der Waals surface area contributed by atoms with Crippen molar-refractivity contribution in [2.45, 2.75) is 322 Å². The third-order valence-electron chi connectivity index (χ3n) is 15.0. The van der Waals surface area contributed by atoms with Crippen LogP contribution in [0.4, 0.5) is 0 Å². The van der Waals surface area contributed by atoms with E-state index in [-0.39, 0.29) is 32.0 Å². The van der Waals surface area contributed by atoms with Crippen LogP contribution >= 0.6 is 7.82 Å². The molecule has 2 unspecified atom stereocenters. The monoisotopic (exact) mass is 1160 g/mol. The lowest BCUT2D eigenvalue weighted by molar-refractivity contribution is -0.870. The first-order valence-electron chi connectivity index (χ1n) is 34.2. The zero-order valence-corrected chi connectivity index (χ0v) is 54.7. The van der Waals surface area contributed by atoms with Gasteiger partial charge in [0.2, 0.25) is 0 Å². The Bertz CT molecular complexity index is 1600. The van der Waals surface area contributed by atoms with Crippen molar-refractivity contribution in [1.29, 1.82) is 0 Å². The Hall–Kier alpha value is -2.55. The number of nitrogens with zero attached hydrogens (tertiary/aromatic N) is 1. The van der Waals surface area contributed by atoms with Gasteiger partial charge < -0.3 is 18.9 Å². The highest BCUT2D eigenvalue weighted by molar-refractivity contribution is 7.47. The van der Waals surface area contributed by atoms with Gasteiger partial charge in [0.25, 0.3) is 0 Å². The number of carbonyl (C=O) groups is 2. The number of ether oxygens (including phenoxy) is 2. The summed E-state index contributed by atoms with van der Waals surface area (Å²) in [6.07, 6.45) is 83.1. The summed E-state index contributed by atoms with van der Waals surface area (Å²) in [4.78, 5) is 35.7. The van der Waals surface area contributed by atoms with Gasteiger partial charge >= 0.3 is 19.8 Å². The Morgan fingerprint density at radius 2 is 0.704 bits per heavy atom. The second kappa shape index (κ2) is 62.0. The summed E-state index contributed by atoms with van der Waals surface area (Å²) in [7, 11) is 1.48. The van der Waals surface area contributed by atoms with Crippen LogP contribution < -0.4 is 0 Å². The fourth-order valence-corrected chi connectivity index (χ4v) is 10.5. The molecule has 0 saturated carbocycles. The Kier molecular flexibility index (Phi) is 60.0. The summed E-state index contributed by atoms with van der Waals surface area (Å²) in [5.74, 6) is -0.801. The number of allylic oxidation sites excluding steroid dienone is 12. The van der Waals surface area contributed by atoms with E-state index in [1.54, 1.807) is 0 Å². The van der Waals surface area contributed by atoms with Gasteiger partial charge in [-0.25, -0.2) is 4.57 Å². The molecule has 0 aliphatic heterocycles. The van der Waals surface area contributed by atoms with E-state index >= 15 is 0 Å². The fraction of sp³-hybridized carbons (Fsp3) is 0.803. The molecule has 0 fully saturated rings. The van der Waals surface area contributed by atoms with Crippen molar-refractivity contribution in [3.05, 3.63) is 72.9 Å². The Morgan fingerprint density at radius 3 is 1.05 bits per heavy atom. The van der Waals surface area contributed by atoms with Crippen LogP contribution in [0.5, 0.6) is 0 Å². The van der Waals surface area contributed by atoms with Crippen molar-refractivity contribution in [3.63, 3.8) is 0 Å². The van der Waals surface area contributed by atoms with E-state index in [9.17, 15) is 19.0 Å². The van der Waals surface area contributed by atoms with Gasteiger partial charge in [-0.2, -0.15) is 0 Å². The maximum atomic E-state index is 12.8. The molecule has 9 nitrogen and oxygen atoms in total. The Labute approximate surface area is 501 Å². The number of unbranched alkanes of at least 4 members (excludes halogenated alkanes) is 37. The number of esters is 2. The molecule has 2 atom stereocenters. The predicted molar refractivity (Wildman–Crippen MR) is 349 cm³/mol. The fourth-order valence-electron chi connectivity index (χ4n) is 9.75. The van der Waals surface area contributed by atoms with Gasteiger partial charge in [0, 0.05) is 12.8 Å². The van der Waals surface area contributed by atoms with Crippen LogP contribution in [0.15, 0.2) is 72.9 Å². The van der Waals surface area contributed by atoms with Crippen LogP contribution in [0.1, 0.15) is 316 Å². The van der Waals surface area contributed by atoms with Crippen LogP contribution in [-0.4, -0.2) is 74.9 Å². The lowest BCUT2D eigenvalue weighted by Crippen LogP contribution is -2.37. The maximum absolute atomic E-state index is 12.8. The maximum Gasteiger partial charge on any atom is 0.472 e. The molecule has 0 radical (unpaired) electrons. The number of hydrogen-bond acceptors (Lipinski definition) is 7. The van der Waals surface area contributed by atoms with Gasteiger partial charge in [0.15, 0.2) is 6.10 Å². The van der Waals surface area contributed by atoms with E-state index in [4.69, 9.17) is 18.5 Å². The zero-order valence-electron chi connectivity index (χ0n) is 53.8. The van der Waals surface area contributed by atoms with Crippen molar-refractivity contribution in [3.8, 4) is 0 Å². The topological polar surface area (TPSA) is 108 Å². The minimum absolute atomic E-state index is 0.0298. The lowest BCUT2D eigenvalue weighted by Gasteiger charge is -2.24. The number of rotatable bonds is 63. The summed E-state index contributed by atoms with van der Waals surface area (Å²) >= 11 is 0. The van der Waals surface area contributed by atoms with Gasteiger partial charge in [-0.15, -0.1) is 0 Å². The molecule has 0 bridgehead atoms. The van der Waals surface area contributed by atoms with Crippen molar-refractivity contribution in [2.75, 3.05) is 47.5 Å². The second-order valence-corrected chi connectivity index (χ2v) is 25.6. The zero-order chi connectivity index (χ0) is 59.1. The molecule has 0 heterocycles. The first-order valence-corrected chi connectivity index (χ1v) is 35.7. The quantitative estimate of drug-likeness (QED) is 0.0211. The molecular formula is C71H131NO8P+. The minimum Gasteiger partial charge on any atom is -0.462 e. The smallest absolute Gasteiger partial charge is 0.462 e. The van der Waals surface area contributed by atoms with Crippen LogP contribution in [0.25, 0.3) is 0 Å². The molecule has 0 aromatic rings. The van der Waals surface area contributed by atoms with Crippen LogP contribution in [0.2, 0.25) is 0 Å². The van der Waals surface area contributed by atoms with Crippen LogP contribution in [-0.2, 0) is 32.7 Å². The molecule has 1 N–H and O–H groups in total. The van der Waals surface area contributed by atoms with Crippen molar-refractivity contribution < 1.29 is 42.1 Å². The van der Waals surface area contributed by atoms with Crippen LogP contribution in [0.3, 0.4) is 0 Å². The largest absolute Gasteiger partial charge is 0.472 e. The lowest BCUT2D eigenvalue weighted by atomic mass is 10.0. The van der Waals surface area contributed by atoms with E-state index in [0.717, 1.165) is 83.5 Å². The molecule has 472 valence electrons. The summed E-state index contributed by atoms with van der Waals surface area (Å²) in [5.41, 5.74) is 0. The number of carbonyl (C=O) groups excluding carboxylic acids is 2. The van der Waals surface area contributed by atoms with Crippen molar-refractivity contribution in [1.82, 2.24) is 0 Å². The molecule has 10 heteroatoms. The SMILES string of the molecule is CC/C=C\C/C=C\C/C=C\C/C=C\CCCCCCCCCCCCCCCCCCCCCCCCCCCCCCC(=O)OC(COC(=O)CCCCCCC/C=C\C/C=C\CCCCCC)COP(=O)(O)OCC[N+](C)(C)C. The normalized spacial score (nSPS) is 13.6. The predicted octanol–water partition coefficient (Wildman–Crippen LogP) is 22.0. The number of quaternary nitrogens is 1. The molecule has 81 heavy (non-hydrogen) atoms. The average Bonchev–Trinajstić information content (AvgIpc) is 3.43. The number of hydrogen-bond donors (Lipinski definition) is 1. The highest BCUT2D eigenvalue weighted by Gasteiger charge is 2.27. The van der Waals surface area contributed by atoms with Gasteiger partial charge in [0.1, 0.15) is 19.8 Å². The van der Waals surface area contributed by atoms with Crippen LogP contribution in [0, 0.1) is 0 Å². The third-order valence-corrected chi connectivity index (χ3v) is 16.0. The molecule has 0 rings (SSSR count). The number of likely N-dealkylation sites (N-methyl/N-ethyl adjacent to an activating group) is 1. The standard InChI is InChI=1S/C71H130NO8P/c1-6-8-10-12-14-16-18-20-22-24-25-26-27-28-29-30-31-32-33-34-35-36-37-38-39-40-41-42-43-44-45-46-47-48-50-52-54-56-58-60-62-64-71(74)80-69(68-79-81(75,76)78-66-65-72(3,4)5)67-77-70(73)63-61-59-57-55-53-51-49-23-21-19-17-15-13-11-9-7-2/h8,10,14,16-17,19-20,22-23,25-26,49,69H,6-7,9,11-13,15,18,21,24,27-48,50-68H2,1-5H3/p+1/b10-8-,16-14-,19-17-,22-20-,26-25-,49-23-. The Balaban J connectivity index is 3.88. The minimum atomic E-state index is -4.39. The Morgan fingerprint density at radius 1 is 0.395 bits per heavy atom. The van der Waals surface area contributed by atoms with E-state index in [1.807, 2.05) is 21.1 Å². The van der Waals surface area contributed by atoms with Gasteiger partial charge in [-0.3, -0.25) is 18.6 Å². The second-order valence-electron chi connectivity index (χ2n) is 24.2. The first-order chi connectivity index (χ1) is 39.5. The molecule has 0 aliphatic rings. The van der Waals surface area contributed by atoms with Gasteiger partial charge in [-0.05, 0) is 83.5 Å². The average molecular weight is 1160 g/mol. The van der Waals surface area contributed by atoms with Crippen molar-refractivity contribution >= 4 is 19.8 Å². The first kappa shape index (κ1) is 78.5.